The largest absolute Gasteiger partial charge is 0.466 e. The molecule has 13 heavy (non-hydrogen) atoms. The maximum atomic E-state index is 10.7. The molecule has 0 aliphatic rings. The number of carbonyl (C=O) groups excluding carboxylic acids is 1. The third-order valence-electron chi connectivity index (χ3n) is 1.24. The molecule has 0 aromatic rings. The standard InChI is InChI=1S/C9H16N2O2/c1-5-11(10-8(2)3)7-6-9(12)13-4/h6-7H,5H2,1-4H3. The summed E-state index contributed by atoms with van der Waals surface area (Å²) in [6.45, 7) is 6.47. The highest BCUT2D eigenvalue weighted by Crippen LogP contribution is 1.92. The van der Waals surface area contributed by atoms with Crippen molar-refractivity contribution in [3.8, 4) is 0 Å². The second-order valence-electron chi connectivity index (χ2n) is 2.64. The van der Waals surface area contributed by atoms with Gasteiger partial charge in [0.25, 0.3) is 0 Å². The number of rotatable bonds is 4. The first-order valence-electron chi connectivity index (χ1n) is 4.14. The average Bonchev–Trinajstić information content (AvgIpc) is 2.10. The van der Waals surface area contributed by atoms with Gasteiger partial charge in [0.05, 0.1) is 7.11 Å². The van der Waals surface area contributed by atoms with Gasteiger partial charge in [0.15, 0.2) is 0 Å². The van der Waals surface area contributed by atoms with Crippen molar-refractivity contribution in [2.75, 3.05) is 13.7 Å². The van der Waals surface area contributed by atoms with Gasteiger partial charge in [-0.2, -0.15) is 5.10 Å². The molecule has 0 radical (unpaired) electrons. The van der Waals surface area contributed by atoms with Gasteiger partial charge in [-0.1, -0.05) is 0 Å². The maximum Gasteiger partial charge on any atom is 0.332 e. The predicted octanol–water partition coefficient (Wildman–Crippen LogP) is 1.39. The van der Waals surface area contributed by atoms with Gasteiger partial charge >= 0.3 is 5.97 Å². The Bertz CT molecular complexity index is 218. The van der Waals surface area contributed by atoms with Crippen molar-refractivity contribution in [3.05, 3.63) is 12.3 Å². The van der Waals surface area contributed by atoms with E-state index in [0.717, 1.165) is 12.3 Å². The molecule has 0 N–H and O–H groups in total. The predicted molar refractivity (Wildman–Crippen MR) is 52.3 cm³/mol. The van der Waals surface area contributed by atoms with Crippen LogP contribution in [0.25, 0.3) is 0 Å². The van der Waals surface area contributed by atoms with Crippen molar-refractivity contribution < 1.29 is 9.53 Å². The number of hydrazone groups is 1. The molecule has 0 spiro atoms. The zero-order valence-corrected chi connectivity index (χ0v) is 8.57. The summed E-state index contributed by atoms with van der Waals surface area (Å²) >= 11 is 0. The van der Waals surface area contributed by atoms with Crippen LogP contribution in [-0.4, -0.2) is 30.3 Å². The molecular weight excluding hydrogens is 168 g/mol. The zero-order chi connectivity index (χ0) is 10.3. The molecule has 0 rings (SSSR count). The fraction of sp³-hybridized carbons (Fsp3) is 0.556. The van der Waals surface area contributed by atoms with E-state index in [4.69, 9.17) is 0 Å². The summed E-state index contributed by atoms with van der Waals surface area (Å²) in [4.78, 5) is 10.7. The van der Waals surface area contributed by atoms with E-state index >= 15 is 0 Å². The van der Waals surface area contributed by atoms with Crippen molar-refractivity contribution in [3.63, 3.8) is 0 Å². The quantitative estimate of drug-likeness (QED) is 0.287. The topological polar surface area (TPSA) is 41.9 Å². The molecule has 4 nitrogen and oxygen atoms in total. The lowest BCUT2D eigenvalue weighted by atomic mass is 10.5. The van der Waals surface area contributed by atoms with Crippen molar-refractivity contribution >= 4 is 11.7 Å². The van der Waals surface area contributed by atoms with Crippen LogP contribution in [0.2, 0.25) is 0 Å². The monoisotopic (exact) mass is 184 g/mol. The molecule has 0 bridgehead atoms. The Morgan fingerprint density at radius 2 is 2.15 bits per heavy atom. The molecule has 0 aromatic heterocycles. The Morgan fingerprint density at radius 3 is 2.54 bits per heavy atom. The highest BCUT2D eigenvalue weighted by Gasteiger charge is 1.94. The smallest absolute Gasteiger partial charge is 0.332 e. The highest BCUT2D eigenvalue weighted by molar-refractivity contribution is 5.81. The van der Waals surface area contributed by atoms with Gasteiger partial charge < -0.3 is 4.74 Å². The molecule has 0 aliphatic carbocycles. The number of hydrogen-bond acceptors (Lipinski definition) is 4. The second kappa shape index (κ2) is 6.22. The fourth-order valence-electron chi connectivity index (χ4n) is 0.681. The minimum absolute atomic E-state index is 0.373. The molecule has 0 aromatic carbocycles. The molecule has 0 aliphatic heterocycles. The zero-order valence-electron chi connectivity index (χ0n) is 8.57. The lowest BCUT2D eigenvalue weighted by molar-refractivity contribution is -0.134. The number of methoxy groups -OCH3 is 1. The number of nitrogens with zero attached hydrogens (tertiary/aromatic N) is 2. The van der Waals surface area contributed by atoms with Crippen LogP contribution in [0.1, 0.15) is 20.8 Å². The van der Waals surface area contributed by atoms with Crippen LogP contribution in [0.3, 0.4) is 0 Å². The van der Waals surface area contributed by atoms with E-state index in [1.165, 1.54) is 13.2 Å². The van der Waals surface area contributed by atoms with Gasteiger partial charge in [0, 0.05) is 24.5 Å². The number of hydrogen-bond donors (Lipinski definition) is 0. The molecule has 4 heteroatoms. The van der Waals surface area contributed by atoms with Gasteiger partial charge in [0.1, 0.15) is 0 Å². The van der Waals surface area contributed by atoms with Crippen molar-refractivity contribution in [1.29, 1.82) is 0 Å². The van der Waals surface area contributed by atoms with E-state index in [1.807, 2.05) is 20.8 Å². The van der Waals surface area contributed by atoms with Crippen LogP contribution in [0, 0.1) is 0 Å². The summed E-state index contributed by atoms with van der Waals surface area (Å²) in [7, 11) is 1.34. The van der Waals surface area contributed by atoms with Gasteiger partial charge in [-0.15, -0.1) is 0 Å². The lowest BCUT2D eigenvalue weighted by Crippen LogP contribution is -2.11. The van der Waals surface area contributed by atoms with E-state index in [-0.39, 0.29) is 5.97 Å². The van der Waals surface area contributed by atoms with Crippen molar-refractivity contribution in [1.82, 2.24) is 5.01 Å². The molecule has 74 valence electrons. The molecule has 0 heterocycles. The minimum Gasteiger partial charge on any atom is -0.466 e. The molecule has 0 amide bonds. The van der Waals surface area contributed by atoms with Crippen LogP contribution in [0.15, 0.2) is 17.4 Å². The maximum absolute atomic E-state index is 10.7. The first-order chi connectivity index (χ1) is 6.10. The Hall–Kier alpha value is -1.32. The van der Waals surface area contributed by atoms with Gasteiger partial charge in [0.2, 0.25) is 0 Å². The minimum atomic E-state index is -0.373. The number of carbonyl (C=O) groups is 1. The molecule has 0 saturated heterocycles. The van der Waals surface area contributed by atoms with Gasteiger partial charge in [-0.25, -0.2) is 4.79 Å². The summed E-state index contributed by atoms with van der Waals surface area (Å²) in [5.41, 5.74) is 0.941. The third kappa shape index (κ3) is 5.90. The summed E-state index contributed by atoms with van der Waals surface area (Å²) < 4.78 is 4.45. The average molecular weight is 184 g/mol. The Morgan fingerprint density at radius 1 is 1.54 bits per heavy atom. The Kier molecular flexibility index (Phi) is 5.59. The SMILES string of the molecule is CCN(C=CC(=O)OC)N=C(C)C. The van der Waals surface area contributed by atoms with Crippen LogP contribution in [0.5, 0.6) is 0 Å². The van der Waals surface area contributed by atoms with E-state index in [2.05, 4.69) is 9.84 Å². The van der Waals surface area contributed by atoms with E-state index < -0.39 is 0 Å². The van der Waals surface area contributed by atoms with Crippen molar-refractivity contribution in [2.24, 2.45) is 5.10 Å². The van der Waals surface area contributed by atoms with Crippen LogP contribution in [0.4, 0.5) is 0 Å². The second-order valence-corrected chi connectivity index (χ2v) is 2.64. The van der Waals surface area contributed by atoms with Gasteiger partial charge in [-0.05, 0) is 20.8 Å². The number of ether oxygens (including phenoxy) is 1. The van der Waals surface area contributed by atoms with Crippen LogP contribution >= 0.6 is 0 Å². The summed E-state index contributed by atoms with van der Waals surface area (Å²) in [6.07, 6.45) is 2.94. The molecule has 0 fully saturated rings. The molecule has 0 atom stereocenters. The van der Waals surface area contributed by atoms with E-state index in [0.29, 0.717) is 0 Å². The molecule has 0 unspecified atom stereocenters. The van der Waals surface area contributed by atoms with Gasteiger partial charge in [-0.3, -0.25) is 5.01 Å². The third-order valence-corrected chi connectivity index (χ3v) is 1.24. The van der Waals surface area contributed by atoms with Crippen molar-refractivity contribution in [2.45, 2.75) is 20.8 Å². The normalized spacial score (nSPS) is 9.85. The fourth-order valence-corrected chi connectivity index (χ4v) is 0.681. The molecule has 0 saturated carbocycles. The summed E-state index contributed by atoms with van der Waals surface area (Å²) in [5, 5.41) is 5.83. The Labute approximate surface area is 78.9 Å². The summed E-state index contributed by atoms with van der Waals surface area (Å²) in [5.74, 6) is -0.373. The van der Waals surface area contributed by atoms with Crippen LogP contribution in [-0.2, 0) is 9.53 Å². The summed E-state index contributed by atoms with van der Waals surface area (Å²) in [6, 6.07) is 0. The van der Waals surface area contributed by atoms with Crippen LogP contribution < -0.4 is 0 Å². The highest BCUT2D eigenvalue weighted by atomic mass is 16.5. The first-order valence-corrected chi connectivity index (χ1v) is 4.14. The lowest BCUT2D eigenvalue weighted by Gasteiger charge is -2.10. The van der Waals surface area contributed by atoms with E-state index in [1.54, 1.807) is 11.2 Å². The number of esters is 1. The van der Waals surface area contributed by atoms with E-state index in [9.17, 15) is 4.79 Å². The Balaban J connectivity index is 4.20. The molecular formula is C9H16N2O2. The first kappa shape index (κ1) is 11.7.